The lowest BCUT2D eigenvalue weighted by Crippen LogP contribution is -2.45. The Balaban J connectivity index is 1.56. The first-order valence-electron chi connectivity index (χ1n) is 12.4. The van der Waals surface area contributed by atoms with Gasteiger partial charge in [-0.15, -0.1) is 0 Å². The summed E-state index contributed by atoms with van der Waals surface area (Å²) in [4.78, 5) is 41.2. The predicted octanol–water partition coefficient (Wildman–Crippen LogP) is 5.34. The van der Waals surface area contributed by atoms with Crippen molar-refractivity contribution in [3.63, 3.8) is 0 Å². The molecule has 2 aliphatic rings. The summed E-state index contributed by atoms with van der Waals surface area (Å²) >= 11 is 0. The third-order valence-corrected chi connectivity index (χ3v) is 7.20. The van der Waals surface area contributed by atoms with E-state index in [4.69, 9.17) is 14.2 Å². The van der Waals surface area contributed by atoms with Gasteiger partial charge in [0.05, 0.1) is 5.92 Å². The first kappa shape index (κ1) is 24.5. The van der Waals surface area contributed by atoms with E-state index < -0.39 is 35.2 Å². The summed E-state index contributed by atoms with van der Waals surface area (Å²) in [6, 6.07) is 27.7. The quantitative estimate of drug-likeness (QED) is 0.250. The summed E-state index contributed by atoms with van der Waals surface area (Å²) in [6.45, 7) is 1.71. The van der Waals surface area contributed by atoms with Crippen molar-refractivity contribution in [3.05, 3.63) is 120 Å². The first-order chi connectivity index (χ1) is 18.0. The minimum absolute atomic E-state index is 0.00352. The number of esters is 3. The van der Waals surface area contributed by atoms with Crippen LogP contribution in [0.25, 0.3) is 0 Å². The van der Waals surface area contributed by atoms with E-state index in [0.717, 1.165) is 11.1 Å². The average Bonchev–Trinajstić information content (AvgIpc) is 3.28. The van der Waals surface area contributed by atoms with Gasteiger partial charge in [-0.3, -0.25) is 14.4 Å². The van der Waals surface area contributed by atoms with Gasteiger partial charge in [0.15, 0.2) is 5.41 Å². The van der Waals surface area contributed by atoms with Crippen molar-refractivity contribution in [3.8, 4) is 0 Å². The van der Waals surface area contributed by atoms with E-state index in [0.29, 0.717) is 11.3 Å². The lowest BCUT2D eigenvalue weighted by Gasteiger charge is -2.33. The summed E-state index contributed by atoms with van der Waals surface area (Å²) in [5.74, 6) is -3.29. The van der Waals surface area contributed by atoms with Crippen LogP contribution in [0.4, 0.5) is 0 Å². The van der Waals surface area contributed by atoms with Crippen molar-refractivity contribution < 1.29 is 28.6 Å². The van der Waals surface area contributed by atoms with E-state index in [1.807, 2.05) is 97.1 Å². The summed E-state index contributed by atoms with van der Waals surface area (Å²) in [5, 5.41) is 0. The van der Waals surface area contributed by atoms with E-state index in [1.165, 1.54) is 0 Å². The number of carbonyl (C=O) groups excluding carboxylic acids is 3. The van der Waals surface area contributed by atoms with Crippen LogP contribution >= 0.6 is 0 Å². The fraction of sp³-hybridized carbons (Fsp3) is 0.258. The van der Waals surface area contributed by atoms with E-state index in [-0.39, 0.29) is 25.6 Å². The lowest BCUT2D eigenvalue weighted by molar-refractivity contribution is -0.175. The first-order valence-corrected chi connectivity index (χ1v) is 12.4. The Labute approximate surface area is 215 Å². The SMILES string of the molecule is CC1=C[C@@H]2CC(C(=O)OCc3ccccc3)(C(=O)OCc3ccccc3)[C@@H](c3ccccc3)[C@@H]2C(=O)O1. The summed E-state index contributed by atoms with van der Waals surface area (Å²) in [5.41, 5.74) is 0.560. The maximum Gasteiger partial charge on any atom is 0.324 e. The molecule has 0 aromatic heterocycles. The molecule has 6 heteroatoms. The van der Waals surface area contributed by atoms with Crippen LogP contribution in [-0.2, 0) is 41.8 Å². The van der Waals surface area contributed by atoms with Crippen molar-refractivity contribution >= 4 is 17.9 Å². The average molecular weight is 497 g/mol. The number of hydrogen-bond acceptors (Lipinski definition) is 6. The van der Waals surface area contributed by atoms with Gasteiger partial charge < -0.3 is 14.2 Å². The number of benzene rings is 3. The second-order valence-corrected chi connectivity index (χ2v) is 9.58. The zero-order valence-corrected chi connectivity index (χ0v) is 20.5. The van der Waals surface area contributed by atoms with Crippen LogP contribution in [0.5, 0.6) is 0 Å². The molecule has 0 unspecified atom stereocenters. The fourth-order valence-electron chi connectivity index (χ4n) is 5.58. The van der Waals surface area contributed by atoms with Gasteiger partial charge in [-0.1, -0.05) is 91.0 Å². The molecule has 1 heterocycles. The number of allylic oxidation sites excluding steroid dienone is 2. The molecule has 0 saturated heterocycles. The van der Waals surface area contributed by atoms with Gasteiger partial charge in [0.2, 0.25) is 0 Å². The van der Waals surface area contributed by atoms with Gasteiger partial charge >= 0.3 is 17.9 Å². The highest BCUT2D eigenvalue weighted by molar-refractivity contribution is 6.03. The van der Waals surface area contributed by atoms with Gasteiger partial charge in [-0.05, 0) is 42.0 Å². The monoisotopic (exact) mass is 496 g/mol. The Bertz CT molecular complexity index is 1240. The molecule has 5 rings (SSSR count). The number of carbonyl (C=O) groups is 3. The number of fused-ring (bicyclic) bond motifs is 1. The van der Waals surface area contributed by atoms with E-state index in [9.17, 15) is 14.4 Å². The van der Waals surface area contributed by atoms with Gasteiger partial charge in [0.25, 0.3) is 0 Å². The molecule has 1 aliphatic carbocycles. The van der Waals surface area contributed by atoms with Crippen molar-refractivity contribution in [2.24, 2.45) is 17.3 Å². The topological polar surface area (TPSA) is 78.9 Å². The summed E-state index contributed by atoms with van der Waals surface area (Å²) in [7, 11) is 0. The lowest BCUT2D eigenvalue weighted by atomic mass is 9.71. The highest BCUT2D eigenvalue weighted by Gasteiger charge is 2.67. The normalized spacial score (nSPS) is 21.8. The molecule has 3 atom stereocenters. The third-order valence-electron chi connectivity index (χ3n) is 7.20. The van der Waals surface area contributed by atoms with Crippen LogP contribution in [0.2, 0.25) is 0 Å². The smallest absolute Gasteiger partial charge is 0.324 e. The van der Waals surface area contributed by atoms with E-state index in [2.05, 4.69) is 0 Å². The summed E-state index contributed by atoms with van der Waals surface area (Å²) < 4.78 is 17.1. The molecule has 0 bridgehead atoms. The molecule has 188 valence electrons. The number of ether oxygens (including phenoxy) is 3. The minimum atomic E-state index is -1.72. The zero-order chi connectivity index (χ0) is 25.8. The third kappa shape index (κ3) is 4.79. The van der Waals surface area contributed by atoms with Crippen molar-refractivity contribution in [1.82, 2.24) is 0 Å². The molecule has 0 N–H and O–H groups in total. The molecular formula is C31H28O6. The van der Waals surface area contributed by atoms with Crippen molar-refractivity contribution in [2.75, 3.05) is 0 Å². The second-order valence-electron chi connectivity index (χ2n) is 9.58. The molecule has 0 amide bonds. The molecule has 1 aliphatic heterocycles. The van der Waals surface area contributed by atoms with Crippen molar-refractivity contribution in [1.29, 1.82) is 0 Å². The molecule has 3 aromatic rings. The van der Waals surface area contributed by atoms with Crippen LogP contribution < -0.4 is 0 Å². The molecule has 1 fully saturated rings. The molecule has 0 spiro atoms. The largest absolute Gasteiger partial charge is 0.460 e. The highest BCUT2D eigenvalue weighted by Crippen LogP contribution is 2.59. The predicted molar refractivity (Wildman–Crippen MR) is 136 cm³/mol. The maximum absolute atomic E-state index is 14.0. The summed E-state index contributed by atoms with van der Waals surface area (Å²) in [6.07, 6.45) is 1.92. The minimum Gasteiger partial charge on any atom is -0.460 e. The fourth-order valence-corrected chi connectivity index (χ4v) is 5.58. The number of hydrogen-bond donors (Lipinski definition) is 0. The van der Waals surface area contributed by atoms with Crippen molar-refractivity contribution in [2.45, 2.75) is 32.5 Å². The molecule has 6 nitrogen and oxygen atoms in total. The Hall–Kier alpha value is -4.19. The van der Waals surface area contributed by atoms with Gasteiger partial charge in [0, 0.05) is 5.92 Å². The molecule has 1 saturated carbocycles. The van der Waals surface area contributed by atoms with Crippen LogP contribution in [-0.4, -0.2) is 17.9 Å². The van der Waals surface area contributed by atoms with Gasteiger partial charge in [0.1, 0.15) is 19.0 Å². The molecule has 37 heavy (non-hydrogen) atoms. The van der Waals surface area contributed by atoms with Crippen LogP contribution in [0.15, 0.2) is 103 Å². The molecule has 0 radical (unpaired) electrons. The van der Waals surface area contributed by atoms with Crippen LogP contribution in [0.3, 0.4) is 0 Å². The zero-order valence-electron chi connectivity index (χ0n) is 20.5. The van der Waals surface area contributed by atoms with Gasteiger partial charge in [-0.25, -0.2) is 0 Å². The standard InChI is InChI=1S/C31H28O6/c1-21-17-25-18-31(29(33)35-19-22-11-5-2-6-12-22,30(34)36-20-23-13-7-3-8-14-23)27(26(25)28(32)37-21)24-15-9-4-10-16-24/h2-17,25-27H,18-20H2,1H3/t25-,26-,27+/m1/s1. The maximum atomic E-state index is 14.0. The van der Waals surface area contributed by atoms with Crippen LogP contribution in [0.1, 0.15) is 36.0 Å². The van der Waals surface area contributed by atoms with E-state index in [1.54, 1.807) is 6.92 Å². The molecular weight excluding hydrogens is 468 g/mol. The Morgan fingerprint density at radius 3 is 1.81 bits per heavy atom. The van der Waals surface area contributed by atoms with Gasteiger partial charge in [-0.2, -0.15) is 0 Å². The Morgan fingerprint density at radius 1 is 0.811 bits per heavy atom. The number of cyclic esters (lactones) is 1. The number of rotatable bonds is 7. The molecule has 3 aromatic carbocycles. The van der Waals surface area contributed by atoms with Crippen LogP contribution in [0, 0.1) is 17.3 Å². The Kier molecular flexibility index (Phi) is 6.91. The highest BCUT2D eigenvalue weighted by atomic mass is 16.6. The second kappa shape index (κ2) is 10.4. The Morgan fingerprint density at radius 2 is 1.30 bits per heavy atom. The van der Waals surface area contributed by atoms with E-state index >= 15 is 0 Å².